The number of carbonyl (C=O) groups is 2. The van der Waals surface area contributed by atoms with Crippen LogP contribution in [-0.4, -0.2) is 42.5 Å². The molecule has 0 saturated carbocycles. The van der Waals surface area contributed by atoms with E-state index >= 15 is 0 Å². The maximum atomic E-state index is 12.4. The summed E-state index contributed by atoms with van der Waals surface area (Å²) in [6, 6.07) is 11.7. The number of hydrogen-bond donors (Lipinski definition) is 1. The molecule has 2 aromatic rings. The van der Waals surface area contributed by atoms with Crippen molar-refractivity contribution in [2.75, 3.05) is 19.7 Å². The van der Waals surface area contributed by atoms with Crippen LogP contribution in [0.15, 0.2) is 42.5 Å². The molecule has 0 atom stereocenters. The molecule has 1 aliphatic rings. The zero-order chi connectivity index (χ0) is 20.1. The highest BCUT2D eigenvalue weighted by Gasteiger charge is 2.24. The molecule has 3 rings (SSSR count). The monoisotopic (exact) mass is 440 g/mol. The summed E-state index contributed by atoms with van der Waals surface area (Å²) < 4.78 is 5.50. The first-order valence-electron chi connectivity index (χ1n) is 8.84. The standard InChI is InChI=1S/C20H19Cl3N2O3/c21-14-3-1-2-13(10-14)20(27)24-16-6-8-25(9-7-16)19(26)12-28-18-5-4-15(22)11-17(18)23/h1-5,10-11,16H,6-9,12H2,(H,24,27). The minimum absolute atomic E-state index is 0.0159. The van der Waals surface area contributed by atoms with Gasteiger partial charge in [0.25, 0.3) is 11.8 Å². The summed E-state index contributed by atoms with van der Waals surface area (Å²) in [4.78, 5) is 26.4. The third-order valence-corrected chi connectivity index (χ3v) is 5.28. The van der Waals surface area contributed by atoms with Gasteiger partial charge in [0.15, 0.2) is 6.61 Å². The van der Waals surface area contributed by atoms with Gasteiger partial charge in [-0.05, 0) is 49.2 Å². The average molecular weight is 442 g/mol. The summed E-state index contributed by atoms with van der Waals surface area (Å²) >= 11 is 17.8. The van der Waals surface area contributed by atoms with Crippen molar-refractivity contribution in [1.29, 1.82) is 0 Å². The molecule has 1 aliphatic heterocycles. The van der Waals surface area contributed by atoms with Crippen LogP contribution in [0.5, 0.6) is 5.75 Å². The van der Waals surface area contributed by atoms with Gasteiger partial charge in [-0.1, -0.05) is 40.9 Å². The van der Waals surface area contributed by atoms with Crippen LogP contribution in [0, 0.1) is 0 Å². The molecule has 0 spiro atoms. The van der Waals surface area contributed by atoms with Gasteiger partial charge < -0.3 is 15.0 Å². The van der Waals surface area contributed by atoms with E-state index < -0.39 is 0 Å². The van der Waals surface area contributed by atoms with Crippen LogP contribution in [0.3, 0.4) is 0 Å². The maximum absolute atomic E-state index is 12.4. The number of benzene rings is 2. The molecule has 0 unspecified atom stereocenters. The molecule has 1 heterocycles. The highest BCUT2D eigenvalue weighted by atomic mass is 35.5. The molecule has 5 nitrogen and oxygen atoms in total. The lowest BCUT2D eigenvalue weighted by molar-refractivity contribution is -0.134. The molecule has 0 bridgehead atoms. The van der Waals surface area contributed by atoms with E-state index in [1.165, 1.54) is 0 Å². The Morgan fingerprint density at radius 1 is 1.04 bits per heavy atom. The molecule has 2 amide bonds. The Morgan fingerprint density at radius 3 is 2.43 bits per heavy atom. The van der Waals surface area contributed by atoms with Crippen molar-refractivity contribution < 1.29 is 14.3 Å². The van der Waals surface area contributed by atoms with Gasteiger partial charge in [-0.3, -0.25) is 9.59 Å². The molecule has 1 fully saturated rings. The van der Waals surface area contributed by atoms with Crippen molar-refractivity contribution in [3.63, 3.8) is 0 Å². The second kappa shape index (κ2) is 9.50. The first kappa shape index (κ1) is 20.8. The number of halogens is 3. The molecule has 0 aliphatic carbocycles. The first-order valence-corrected chi connectivity index (χ1v) is 9.98. The number of nitrogens with zero attached hydrogens (tertiary/aromatic N) is 1. The average Bonchev–Trinajstić information content (AvgIpc) is 2.67. The fourth-order valence-corrected chi connectivity index (χ4v) is 3.65. The van der Waals surface area contributed by atoms with Gasteiger partial charge in [-0.25, -0.2) is 0 Å². The Hall–Kier alpha value is -1.95. The topological polar surface area (TPSA) is 58.6 Å². The molecule has 1 saturated heterocycles. The minimum Gasteiger partial charge on any atom is -0.482 e. The van der Waals surface area contributed by atoms with Crippen LogP contribution in [0.2, 0.25) is 15.1 Å². The van der Waals surface area contributed by atoms with Crippen molar-refractivity contribution in [1.82, 2.24) is 10.2 Å². The van der Waals surface area contributed by atoms with Crippen LogP contribution < -0.4 is 10.1 Å². The summed E-state index contributed by atoms with van der Waals surface area (Å²) in [5, 5.41) is 4.39. The number of likely N-dealkylation sites (tertiary alicyclic amines) is 1. The predicted octanol–water partition coefficient (Wildman–Crippen LogP) is 4.45. The number of hydrogen-bond acceptors (Lipinski definition) is 3. The first-order chi connectivity index (χ1) is 13.4. The fourth-order valence-electron chi connectivity index (χ4n) is 2.99. The van der Waals surface area contributed by atoms with Crippen molar-refractivity contribution in [2.45, 2.75) is 18.9 Å². The van der Waals surface area contributed by atoms with Crippen molar-refractivity contribution in [3.05, 3.63) is 63.1 Å². The van der Waals surface area contributed by atoms with Gasteiger partial charge in [0.05, 0.1) is 5.02 Å². The van der Waals surface area contributed by atoms with Crippen LogP contribution in [0.4, 0.5) is 0 Å². The summed E-state index contributed by atoms with van der Waals surface area (Å²) in [6.07, 6.45) is 1.36. The Labute approximate surface area is 178 Å². The van der Waals surface area contributed by atoms with E-state index in [9.17, 15) is 9.59 Å². The normalized spacial score (nSPS) is 14.6. The molecule has 0 aromatic heterocycles. The Kier molecular flexibility index (Phi) is 7.05. The second-order valence-electron chi connectivity index (χ2n) is 6.50. The van der Waals surface area contributed by atoms with Crippen LogP contribution in [0.25, 0.3) is 0 Å². The largest absolute Gasteiger partial charge is 0.482 e. The number of carbonyl (C=O) groups excluding carboxylic acids is 2. The maximum Gasteiger partial charge on any atom is 0.260 e. The lowest BCUT2D eigenvalue weighted by atomic mass is 10.0. The van der Waals surface area contributed by atoms with Crippen LogP contribution in [0.1, 0.15) is 23.2 Å². The summed E-state index contributed by atoms with van der Waals surface area (Å²) in [5.74, 6) is 0.140. The summed E-state index contributed by atoms with van der Waals surface area (Å²) in [5.41, 5.74) is 0.527. The van der Waals surface area contributed by atoms with Gasteiger partial charge in [-0.15, -0.1) is 0 Å². The van der Waals surface area contributed by atoms with Gasteiger partial charge in [0.1, 0.15) is 5.75 Å². The quantitative estimate of drug-likeness (QED) is 0.746. The summed E-state index contributed by atoms with van der Waals surface area (Å²) in [7, 11) is 0. The molecule has 28 heavy (non-hydrogen) atoms. The van der Waals surface area contributed by atoms with E-state index in [2.05, 4.69) is 5.32 Å². The molecule has 8 heteroatoms. The van der Waals surface area contributed by atoms with Crippen molar-refractivity contribution in [2.24, 2.45) is 0 Å². The fraction of sp³-hybridized carbons (Fsp3) is 0.300. The molecule has 148 valence electrons. The number of nitrogens with one attached hydrogen (secondary N) is 1. The van der Waals surface area contributed by atoms with Crippen LogP contribution in [-0.2, 0) is 4.79 Å². The SMILES string of the molecule is O=C(NC1CCN(C(=O)COc2ccc(Cl)cc2Cl)CC1)c1cccc(Cl)c1. The Balaban J connectivity index is 1.45. The smallest absolute Gasteiger partial charge is 0.260 e. The van der Waals surface area contributed by atoms with Crippen LogP contribution >= 0.6 is 34.8 Å². The molecule has 1 N–H and O–H groups in total. The Morgan fingerprint density at radius 2 is 1.75 bits per heavy atom. The zero-order valence-electron chi connectivity index (χ0n) is 15.0. The molecular formula is C20H19Cl3N2O3. The second-order valence-corrected chi connectivity index (χ2v) is 7.78. The lowest BCUT2D eigenvalue weighted by Gasteiger charge is -2.32. The van der Waals surface area contributed by atoms with Gasteiger partial charge in [-0.2, -0.15) is 0 Å². The lowest BCUT2D eigenvalue weighted by Crippen LogP contribution is -2.47. The van der Waals surface area contributed by atoms with Gasteiger partial charge >= 0.3 is 0 Å². The molecular weight excluding hydrogens is 423 g/mol. The van der Waals surface area contributed by atoms with E-state index in [0.717, 1.165) is 0 Å². The van der Waals surface area contributed by atoms with Gasteiger partial charge in [0.2, 0.25) is 0 Å². The Bertz CT molecular complexity index is 868. The predicted molar refractivity (Wildman–Crippen MR) is 110 cm³/mol. The molecule has 2 aromatic carbocycles. The zero-order valence-corrected chi connectivity index (χ0v) is 17.2. The van der Waals surface area contributed by atoms with E-state index in [-0.39, 0.29) is 24.5 Å². The third kappa shape index (κ3) is 5.53. The molecule has 0 radical (unpaired) electrons. The van der Waals surface area contributed by atoms with E-state index in [1.807, 2.05) is 0 Å². The van der Waals surface area contributed by atoms with Crippen molar-refractivity contribution in [3.8, 4) is 5.75 Å². The number of piperidine rings is 1. The minimum atomic E-state index is -0.159. The van der Waals surface area contributed by atoms with Crippen molar-refractivity contribution >= 4 is 46.6 Å². The van der Waals surface area contributed by atoms with E-state index in [1.54, 1.807) is 47.4 Å². The van der Waals surface area contributed by atoms with E-state index in [4.69, 9.17) is 39.5 Å². The number of amides is 2. The van der Waals surface area contributed by atoms with Gasteiger partial charge in [0, 0.05) is 34.7 Å². The summed E-state index contributed by atoms with van der Waals surface area (Å²) in [6.45, 7) is 1.01. The number of rotatable bonds is 5. The highest BCUT2D eigenvalue weighted by molar-refractivity contribution is 6.35. The highest BCUT2D eigenvalue weighted by Crippen LogP contribution is 2.27. The van der Waals surface area contributed by atoms with E-state index in [0.29, 0.717) is 52.3 Å². The number of ether oxygens (including phenoxy) is 1. The third-order valence-electron chi connectivity index (χ3n) is 4.51.